The Balaban J connectivity index is 1.96. The van der Waals surface area contributed by atoms with E-state index in [4.69, 9.17) is 0 Å². The first-order valence-corrected chi connectivity index (χ1v) is 7.46. The third-order valence-electron chi connectivity index (χ3n) is 3.33. The van der Waals surface area contributed by atoms with Crippen LogP contribution in [0.25, 0.3) is 0 Å². The van der Waals surface area contributed by atoms with Crippen molar-refractivity contribution in [3.05, 3.63) is 61.8 Å². The predicted octanol–water partition coefficient (Wildman–Crippen LogP) is 3.86. The molecule has 0 bridgehead atoms. The Bertz CT molecular complexity index is 582. The summed E-state index contributed by atoms with van der Waals surface area (Å²) < 4.78 is 0. The van der Waals surface area contributed by atoms with Gasteiger partial charge in [0.1, 0.15) is 0 Å². The van der Waals surface area contributed by atoms with Gasteiger partial charge in [-0.1, -0.05) is 18.2 Å². The molecule has 5 heteroatoms. The van der Waals surface area contributed by atoms with E-state index in [1.54, 1.807) is 24.3 Å². The van der Waals surface area contributed by atoms with Gasteiger partial charge in [0.25, 0.3) is 5.69 Å². The van der Waals surface area contributed by atoms with Crippen LogP contribution in [-0.2, 0) is 6.42 Å². The van der Waals surface area contributed by atoms with Gasteiger partial charge in [-0.3, -0.25) is 10.1 Å². The van der Waals surface area contributed by atoms with Gasteiger partial charge in [-0.15, -0.1) is 11.3 Å². The number of rotatable bonds is 6. The van der Waals surface area contributed by atoms with Crippen LogP contribution in [0.4, 0.5) is 5.69 Å². The fraction of sp³-hybridized carbons (Fsp3) is 0.333. The molecule has 4 nitrogen and oxygen atoms in total. The lowest BCUT2D eigenvalue weighted by atomic mass is 10.0. The van der Waals surface area contributed by atoms with Crippen LogP contribution < -0.4 is 5.32 Å². The molecular weight excluding hydrogens is 272 g/mol. The lowest BCUT2D eigenvalue weighted by Gasteiger charge is -2.14. The maximum absolute atomic E-state index is 11.0. The van der Waals surface area contributed by atoms with Gasteiger partial charge in [0.2, 0.25) is 0 Å². The number of nitrogens with one attached hydrogen (secondary N) is 1. The second kappa shape index (κ2) is 6.63. The minimum absolute atomic E-state index is 0.106. The third-order valence-corrected chi connectivity index (χ3v) is 4.27. The molecule has 1 atom stereocenters. The van der Waals surface area contributed by atoms with Gasteiger partial charge in [0, 0.05) is 29.1 Å². The van der Waals surface area contributed by atoms with Crippen LogP contribution in [0.3, 0.4) is 0 Å². The maximum Gasteiger partial charge on any atom is 0.272 e. The van der Waals surface area contributed by atoms with Crippen LogP contribution in [0.5, 0.6) is 0 Å². The smallest absolute Gasteiger partial charge is 0.272 e. The van der Waals surface area contributed by atoms with Crippen molar-refractivity contribution in [3.8, 4) is 0 Å². The summed E-state index contributed by atoms with van der Waals surface area (Å²) in [5, 5.41) is 16.4. The number of nitro benzene ring substituents is 1. The fourth-order valence-corrected chi connectivity index (χ4v) is 2.79. The Morgan fingerprint density at radius 1 is 1.40 bits per heavy atom. The van der Waals surface area contributed by atoms with Gasteiger partial charge in [-0.25, -0.2) is 0 Å². The third kappa shape index (κ3) is 3.65. The maximum atomic E-state index is 11.0. The minimum atomic E-state index is -0.322. The van der Waals surface area contributed by atoms with Gasteiger partial charge in [-0.2, -0.15) is 0 Å². The van der Waals surface area contributed by atoms with E-state index < -0.39 is 0 Å². The van der Waals surface area contributed by atoms with Crippen molar-refractivity contribution in [2.75, 3.05) is 6.54 Å². The van der Waals surface area contributed by atoms with Crippen LogP contribution in [0.1, 0.15) is 29.0 Å². The van der Waals surface area contributed by atoms with E-state index in [0.717, 1.165) is 18.5 Å². The monoisotopic (exact) mass is 290 g/mol. The van der Waals surface area contributed by atoms with Crippen molar-refractivity contribution in [3.63, 3.8) is 0 Å². The molecule has 0 spiro atoms. The summed E-state index contributed by atoms with van der Waals surface area (Å²) in [6, 6.07) is 9.70. The highest BCUT2D eigenvalue weighted by Gasteiger charge is 2.13. The summed E-state index contributed by atoms with van der Waals surface area (Å²) in [6.07, 6.45) is 0.982. The fourth-order valence-electron chi connectivity index (χ4n) is 2.08. The van der Waals surface area contributed by atoms with Crippen LogP contribution in [0.2, 0.25) is 0 Å². The summed E-state index contributed by atoms with van der Waals surface area (Å²) in [5.41, 5.74) is 1.84. The quantitative estimate of drug-likeness (QED) is 0.649. The van der Waals surface area contributed by atoms with Crippen LogP contribution in [0.15, 0.2) is 35.7 Å². The number of nitro groups is 1. The normalized spacial score (nSPS) is 12.3. The first-order valence-electron chi connectivity index (χ1n) is 6.58. The van der Waals surface area contributed by atoms with Crippen molar-refractivity contribution >= 4 is 17.0 Å². The summed E-state index contributed by atoms with van der Waals surface area (Å²) in [7, 11) is 0. The summed E-state index contributed by atoms with van der Waals surface area (Å²) in [4.78, 5) is 12.0. The number of nitrogens with zero attached hydrogens (tertiary/aromatic N) is 1. The molecule has 2 rings (SSSR count). The zero-order valence-corrected chi connectivity index (χ0v) is 12.4. The highest BCUT2D eigenvalue weighted by molar-refractivity contribution is 7.09. The molecule has 106 valence electrons. The zero-order valence-electron chi connectivity index (χ0n) is 11.6. The van der Waals surface area contributed by atoms with E-state index in [0.29, 0.717) is 5.56 Å². The van der Waals surface area contributed by atoms with E-state index in [1.165, 1.54) is 4.88 Å². The second-order valence-corrected chi connectivity index (χ2v) is 5.84. The molecule has 0 amide bonds. The number of thiophene rings is 1. The Morgan fingerprint density at radius 2 is 2.20 bits per heavy atom. The van der Waals surface area contributed by atoms with Crippen molar-refractivity contribution in [1.82, 2.24) is 5.32 Å². The van der Waals surface area contributed by atoms with Crippen molar-refractivity contribution in [2.45, 2.75) is 26.3 Å². The molecule has 0 saturated heterocycles. The van der Waals surface area contributed by atoms with Gasteiger partial charge >= 0.3 is 0 Å². The van der Waals surface area contributed by atoms with Gasteiger partial charge in [-0.05, 0) is 37.3 Å². The predicted molar refractivity (Wildman–Crippen MR) is 82.3 cm³/mol. The number of aryl methyl sites for hydroxylation is 1. The van der Waals surface area contributed by atoms with Gasteiger partial charge in [0.05, 0.1) is 4.92 Å². The molecule has 0 fully saturated rings. The van der Waals surface area contributed by atoms with Crippen molar-refractivity contribution in [1.29, 1.82) is 0 Å². The van der Waals surface area contributed by atoms with E-state index in [-0.39, 0.29) is 16.7 Å². The summed E-state index contributed by atoms with van der Waals surface area (Å²) in [5.74, 6) is 0. The second-order valence-electron chi connectivity index (χ2n) is 4.81. The van der Waals surface area contributed by atoms with E-state index in [9.17, 15) is 10.1 Å². The van der Waals surface area contributed by atoms with Crippen LogP contribution in [0, 0.1) is 17.0 Å². The number of hydrogen-bond acceptors (Lipinski definition) is 4. The molecule has 1 aromatic heterocycles. The molecular formula is C15H18N2O2S. The van der Waals surface area contributed by atoms with E-state index in [1.807, 2.05) is 25.1 Å². The topological polar surface area (TPSA) is 55.2 Å². The molecule has 0 saturated carbocycles. The van der Waals surface area contributed by atoms with Crippen molar-refractivity contribution < 1.29 is 4.92 Å². The molecule has 0 aliphatic carbocycles. The average molecular weight is 290 g/mol. The Kier molecular flexibility index (Phi) is 4.87. The highest BCUT2D eigenvalue weighted by Crippen LogP contribution is 2.23. The molecule has 20 heavy (non-hydrogen) atoms. The highest BCUT2D eigenvalue weighted by atomic mass is 32.1. The first-order chi connectivity index (χ1) is 9.58. The molecule has 1 N–H and O–H groups in total. The molecule has 0 aliphatic rings. The number of hydrogen-bond donors (Lipinski definition) is 1. The van der Waals surface area contributed by atoms with Crippen LogP contribution in [-0.4, -0.2) is 11.5 Å². The average Bonchev–Trinajstić information content (AvgIpc) is 2.92. The lowest BCUT2D eigenvalue weighted by Crippen LogP contribution is -2.21. The Hall–Kier alpha value is -1.72. The molecule has 0 aliphatic heterocycles. The first kappa shape index (κ1) is 14.7. The molecule has 1 heterocycles. The lowest BCUT2D eigenvalue weighted by molar-refractivity contribution is -0.385. The Morgan fingerprint density at radius 3 is 2.85 bits per heavy atom. The van der Waals surface area contributed by atoms with E-state index >= 15 is 0 Å². The number of benzene rings is 1. The molecule has 0 radical (unpaired) electrons. The van der Waals surface area contributed by atoms with E-state index in [2.05, 4.69) is 16.8 Å². The van der Waals surface area contributed by atoms with Gasteiger partial charge < -0.3 is 5.32 Å². The zero-order chi connectivity index (χ0) is 14.5. The van der Waals surface area contributed by atoms with Crippen LogP contribution >= 0.6 is 11.3 Å². The minimum Gasteiger partial charge on any atom is -0.310 e. The molecule has 1 aromatic carbocycles. The SMILES string of the molecule is Cc1ccc(C(C)NCCc2cccs2)cc1[N+](=O)[O-]. The summed E-state index contributed by atoms with van der Waals surface area (Å²) in [6.45, 7) is 4.66. The molecule has 1 unspecified atom stereocenters. The van der Waals surface area contributed by atoms with Crippen molar-refractivity contribution in [2.24, 2.45) is 0 Å². The summed E-state index contributed by atoms with van der Waals surface area (Å²) >= 11 is 1.75. The van der Waals surface area contributed by atoms with Gasteiger partial charge in [0.15, 0.2) is 0 Å². The largest absolute Gasteiger partial charge is 0.310 e. The molecule has 2 aromatic rings. The standard InChI is InChI=1S/C15H18N2O2S/c1-11-5-6-13(10-15(11)17(18)19)12(2)16-8-7-14-4-3-9-20-14/h3-6,9-10,12,16H,7-8H2,1-2H3. The Labute approximate surface area is 122 Å².